The lowest BCUT2D eigenvalue weighted by Gasteiger charge is -2.23. The van der Waals surface area contributed by atoms with Crippen LogP contribution in [-0.2, 0) is 4.74 Å². The summed E-state index contributed by atoms with van der Waals surface area (Å²) in [5, 5.41) is 28.2. The molecule has 0 radical (unpaired) electrons. The first-order valence-electron chi connectivity index (χ1n) is 4.15. The van der Waals surface area contributed by atoms with Crippen LogP contribution in [0.3, 0.4) is 0 Å². The molecule has 78 valence electrons. The zero-order valence-electron chi connectivity index (χ0n) is 7.60. The molecule has 3 N–H and O–H groups in total. The first-order chi connectivity index (χ1) is 7.00. The van der Waals surface area contributed by atoms with Crippen LogP contribution in [0, 0.1) is 0 Å². The number of carbonyl (C=O) groups is 1. The number of aliphatic hydroxyl groups is 1. The number of aromatic hydroxyl groups is 2. The number of rotatable bonds is 0. The van der Waals surface area contributed by atoms with Crippen molar-refractivity contribution in [3.63, 3.8) is 0 Å². The third-order valence-electron chi connectivity index (χ3n) is 2.16. The molecule has 1 aliphatic heterocycles. The number of hydrogen-bond acceptors (Lipinski definition) is 5. The number of benzene rings is 1. The van der Waals surface area contributed by atoms with E-state index in [9.17, 15) is 20.1 Å². The summed E-state index contributed by atoms with van der Waals surface area (Å²) < 4.78 is 4.62. The van der Waals surface area contributed by atoms with Gasteiger partial charge in [-0.15, -0.1) is 0 Å². The highest BCUT2D eigenvalue weighted by Crippen LogP contribution is 2.38. The molecule has 2 rings (SSSR count). The Bertz CT molecular complexity index is 463. The van der Waals surface area contributed by atoms with Crippen LogP contribution >= 0.6 is 0 Å². The normalized spacial score (nSPS) is 19.7. The predicted octanol–water partition coefficient (Wildman–Crippen LogP) is 0.815. The van der Waals surface area contributed by atoms with Crippen molar-refractivity contribution in [3.8, 4) is 11.5 Å². The SMILES string of the molecule is C=C1OC(=O)c2c(O)cc(O)cc2[C@H]1O. The fourth-order valence-corrected chi connectivity index (χ4v) is 1.47. The average Bonchev–Trinajstić information content (AvgIpc) is 2.12. The highest BCUT2D eigenvalue weighted by molar-refractivity contribution is 5.96. The van der Waals surface area contributed by atoms with Gasteiger partial charge < -0.3 is 20.1 Å². The summed E-state index contributed by atoms with van der Waals surface area (Å²) in [6.45, 7) is 3.35. The van der Waals surface area contributed by atoms with Gasteiger partial charge in [-0.25, -0.2) is 4.79 Å². The van der Waals surface area contributed by atoms with E-state index < -0.39 is 17.8 Å². The van der Waals surface area contributed by atoms with Gasteiger partial charge in [0.25, 0.3) is 0 Å². The summed E-state index contributed by atoms with van der Waals surface area (Å²) in [6, 6.07) is 2.19. The molecule has 1 aromatic carbocycles. The molecule has 1 aliphatic rings. The van der Waals surface area contributed by atoms with Crippen molar-refractivity contribution in [1.82, 2.24) is 0 Å². The summed E-state index contributed by atoms with van der Waals surface area (Å²) in [5.41, 5.74) is -0.0542. The zero-order chi connectivity index (χ0) is 11.2. The minimum atomic E-state index is -1.23. The molecule has 1 heterocycles. The highest BCUT2D eigenvalue weighted by atomic mass is 16.5. The number of esters is 1. The Labute approximate surface area is 84.9 Å². The van der Waals surface area contributed by atoms with Crippen molar-refractivity contribution in [2.75, 3.05) is 0 Å². The standard InChI is InChI=1S/C10H8O5/c1-4-9(13)6-2-5(11)3-7(12)8(6)10(14)15-4/h2-3,9,11-13H,1H2/t9-/m0/s1. The molecule has 1 aromatic rings. The van der Waals surface area contributed by atoms with Gasteiger partial charge >= 0.3 is 5.97 Å². The molecule has 0 aromatic heterocycles. The Morgan fingerprint density at radius 2 is 2.00 bits per heavy atom. The van der Waals surface area contributed by atoms with Crippen LogP contribution in [0.15, 0.2) is 24.5 Å². The van der Waals surface area contributed by atoms with Gasteiger partial charge in [0, 0.05) is 11.6 Å². The van der Waals surface area contributed by atoms with E-state index in [0.717, 1.165) is 6.07 Å². The summed E-state index contributed by atoms with van der Waals surface area (Å²) >= 11 is 0. The van der Waals surface area contributed by atoms with E-state index in [1.807, 2.05) is 0 Å². The molecule has 0 spiro atoms. The third-order valence-corrected chi connectivity index (χ3v) is 2.16. The van der Waals surface area contributed by atoms with Gasteiger partial charge in [-0.05, 0) is 6.07 Å². The molecule has 0 saturated heterocycles. The van der Waals surface area contributed by atoms with E-state index in [1.165, 1.54) is 6.07 Å². The number of ether oxygens (including phenoxy) is 1. The van der Waals surface area contributed by atoms with Gasteiger partial charge in [-0.2, -0.15) is 0 Å². The lowest BCUT2D eigenvalue weighted by Crippen LogP contribution is -2.20. The van der Waals surface area contributed by atoms with Gasteiger partial charge in [-0.1, -0.05) is 6.58 Å². The van der Waals surface area contributed by atoms with E-state index in [2.05, 4.69) is 11.3 Å². The minimum absolute atomic E-state index is 0.0914. The maximum Gasteiger partial charge on any atom is 0.347 e. The molecule has 0 amide bonds. The van der Waals surface area contributed by atoms with E-state index in [-0.39, 0.29) is 22.6 Å². The maximum atomic E-state index is 11.3. The molecule has 5 heteroatoms. The molecular weight excluding hydrogens is 200 g/mol. The number of phenolic OH excluding ortho intramolecular Hbond substituents is 2. The smallest absolute Gasteiger partial charge is 0.347 e. The van der Waals surface area contributed by atoms with Crippen molar-refractivity contribution >= 4 is 5.97 Å². The number of hydrogen-bond donors (Lipinski definition) is 3. The number of phenols is 2. The maximum absolute atomic E-state index is 11.3. The monoisotopic (exact) mass is 208 g/mol. The van der Waals surface area contributed by atoms with Crippen molar-refractivity contribution < 1.29 is 24.9 Å². The van der Waals surface area contributed by atoms with Crippen LogP contribution < -0.4 is 0 Å². The molecule has 0 unspecified atom stereocenters. The summed E-state index contributed by atoms with van der Waals surface area (Å²) in [6.07, 6.45) is -1.23. The molecule has 1 atom stereocenters. The lowest BCUT2D eigenvalue weighted by atomic mass is 9.97. The molecule has 5 nitrogen and oxygen atoms in total. The Kier molecular flexibility index (Phi) is 1.90. The van der Waals surface area contributed by atoms with E-state index in [4.69, 9.17) is 0 Å². The number of aliphatic hydroxyl groups excluding tert-OH is 1. The van der Waals surface area contributed by atoms with Gasteiger partial charge in [0.15, 0.2) is 0 Å². The van der Waals surface area contributed by atoms with Crippen LogP contribution in [0.4, 0.5) is 0 Å². The summed E-state index contributed by atoms with van der Waals surface area (Å²) in [4.78, 5) is 11.3. The number of fused-ring (bicyclic) bond motifs is 1. The van der Waals surface area contributed by atoms with E-state index in [1.54, 1.807) is 0 Å². The molecule has 0 saturated carbocycles. The fraction of sp³-hybridized carbons (Fsp3) is 0.100. The van der Waals surface area contributed by atoms with Gasteiger partial charge in [0.05, 0.1) is 0 Å². The zero-order valence-corrected chi connectivity index (χ0v) is 7.60. The molecule has 0 bridgehead atoms. The molecular formula is C10H8O5. The second-order valence-corrected chi connectivity index (χ2v) is 3.19. The van der Waals surface area contributed by atoms with Gasteiger partial charge in [0.1, 0.15) is 28.9 Å². The second-order valence-electron chi connectivity index (χ2n) is 3.19. The van der Waals surface area contributed by atoms with Crippen LogP contribution in [0.25, 0.3) is 0 Å². The first-order valence-corrected chi connectivity index (χ1v) is 4.15. The minimum Gasteiger partial charge on any atom is -0.508 e. The topological polar surface area (TPSA) is 87.0 Å². The Morgan fingerprint density at radius 1 is 1.33 bits per heavy atom. The van der Waals surface area contributed by atoms with Gasteiger partial charge in [0.2, 0.25) is 0 Å². The van der Waals surface area contributed by atoms with Crippen LogP contribution in [0.5, 0.6) is 11.5 Å². The quantitative estimate of drug-likeness (QED) is 0.549. The summed E-state index contributed by atoms with van der Waals surface area (Å²) in [5.74, 6) is -1.59. The summed E-state index contributed by atoms with van der Waals surface area (Å²) in [7, 11) is 0. The fourth-order valence-electron chi connectivity index (χ4n) is 1.47. The largest absolute Gasteiger partial charge is 0.508 e. The lowest BCUT2D eigenvalue weighted by molar-refractivity contribution is 0.0436. The Morgan fingerprint density at radius 3 is 2.67 bits per heavy atom. The molecule has 15 heavy (non-hydrogen) atoms. The number of carbonyl (C=O) groups excluding carboxylic acids is 1. The van der Waals surface area contributed by atoms with Crippen LogP contribution in [0.2, 0.25) is 0 Å². The second kappa shape index (κ2) is 2.99. The van der Waals surface area contributed by atoms with Gasteiger partial charge in [-0.3, -0.25) is 0 Å². The van der Waals surface area contributed by atoms with Crippen LogP contribution in [0.1, 0.15) is 22.0 Å². The van der Waals surface area contributed by atoms with Crippen molar-refractivity contribution in [1.29, 1.82) is 0 Å². The first kappa shape index (κ1) is 9.54. The Hall–Kier alpha value is -2.01. The molecule has 0 fully saturated rings. The van der Waals surface area contributed by atoms with E-state index >= 15 is 0 Å². The van der Waals surface area contributed by atoms with Crippen molar-refractivity contribution in [3.05, 3.63) is 35.6 Å². The average molecular weight is 208 g/mol. The third kappa shape index (κ3) is 1.33. The van der Waals surface area contributed by atoms with Crippen molar-refractivity contribution in [2.45, 2.75) is 6.10 Å². The van der Waals surface area contributed by atoms with Crippen molar-refractivity contribution in [2.24, 2.45) is 0 Å². The molecule has 0 aliphatic carbocycles. The predicted molar refractivity (Wildman–Crippen MR) is 49.3 cm³/mol. The van der Waals surface area contributed by atoms with Crippen LogP contribution in [-0.4, -0.2) is 21.3 Å². The van der Waals surface area contributed by atoms with E-state index in [0.29, 0.717) is 0 Å². The highest BCUT2D eigenvalue weighted by Gasteiger charge is 2.32. The Balaban J connectivity index is 2.71. The number of cyclic esters (lactones) is 1.